The lowest BCUT2D eigenvalue weighted by atomic mass is 10.1. The number of benzene rings is 2. The van der Waals surface area contributed by atoms with Crippen molar-refractivity contribution in [3.63, 3.8) is 0 Å². The summed E-state index contributed by atoms with van der Waals surface area (Å²) in [5.41, 5.74) is 9.58. The molecule has 3 heterocycles. The average molecular weight is 598 g/mol. The first-order valence-electron chi connectivity index (χ1n) is 13.6. The number of hydrogen-bond donors (Lipinski definition) is 3. The fraction of sp³-hybridized carbons (Fsp3) is 0.310. The molecule has 0 saturated carbocycles. The Kier molecular flexibility index (Phi) is 9.69. The van der Waals surface area contributed by atoms with E-state index in [0.717, 1.165) is 34.9 Å². The maximum absolute atomic E-state index is 12.8. The van der Waals surface area contributed by atoms with E-state index in [1.165, 1.54) is 24.7 Å². The number of nitrogens with one attached hydrogen (secondary N) is 2. The van der Waals surface area contributed by atoms with Crippen LogP contribution in [-0.4, -0.2) is 58.1 Å². The van der Waals surface area contributed by atoms with Crippen LogP contribution in [0.2, 0.25) is 0 Å². The third kappa shape index (κ3) is 8.90. The van der Waals surface area contributed by atoms with E-state index in [0.29, 0.717) is 67.8 Å². The van der Waals surface area contributed by atoms with Crippen LogP contribution >= 0.6 is 0 Å². The van der Waals surface area contributed by atoms with E-state index < -0.39 is 6.36 Å². The first-order chi connectivity index (χ1) is 20.8. The van der Waals surface area contributed by atoms with Crippen molar-refractivity contribution in [2.45, 2.75) is 32.2 Å². The standard InChI is InChI=1S/C29H30F3N7O4/c30-29(31,32)43-23-8-19(9-24-16-35-18-42-24)7-20(10-23)14-34-3-1-2-4-40-5-6-41-27-12-21(11-26-25(27)17-37-38-26)22-13-28(33)39-36-15-22/h7-8,10-13,15-18,34H,1-6,9,14H2,(H2,33,39)(H,37,38). The molecule has 14 heteroatoms. The highest BCUT2D eigenvalue weighted by molar-refractivity contribution is 5.89. The van der Waals surface area contributed by atoms with Gasteiger partial charge in [-0.15, -0.1) is 18.3 Å². The second kappa shape index (κ2) is 14.0. The Morgan fingerprint density at radius 3 is 2.63 bits per heavy atom. The van der Waals surface area contributed by atoms with Crippen LogP contribution in [0.1, 0.15) is 29.7 Å². The van der Waals surface area contributed by atoms with Crippen LogP contribution in [-0.2, 0) is 17.7 Å². The van der Waals surface area contributed by atoms with Gasteiger partial charge in [0.1, 0.15) is 29.7 Å². The number of fused-ring (bicyclic) bond motifs is 1. The fourth-order valence-corrected chi connectivity index (χ4v) is 4.50. The smallest absolute Gasteiger partial charge is 0.490 e. The van der Waals surface area contributed by atoms with Crippen LogP contribution < -0.4 is 20.5 Å². The van der Waals surface area contributed by atoms with Crippen LogP contribution in [0.15, 0.2) is 65.8 Å². The highest BCUT2D eigenvalue weighted by atomic mass is 19.4. The predicted octanol–water partition coefficient (Wildman–Crippen LogP) is 5.04. The summed E-state index contributed by atoms with van der Waals surface area (Å²) < 4.78 is 59.5. The van der Waals surface area contributed by atoms with Gasteiger partial charge >= 0.3 is 6.36 Å². The Morgan fingerprint density at radius 2 is 1.81 bits per heavy atom. The zero-order valence-corrected chi connectivity index (χ0v) is 23.1. The zero-order valence-electron chi connectivity index (χ0n) is 23.1. The minimum absolute atomic E-state index is 0.267. The number of nitrogens with zero attached hydrogens (tertiary/aromatic N) is 4. The molecule has 0 aliphatic carbocycles. The first kappa shape index (κ1) is 29.8. The summed E-state index contributed by atoms with van der Waals surface area (Å²) in [7, 11) is 0. The molecule has 5 rings (SSSR count). The van der Waals surface area contributed by atoms with Crippen LogP contribution in [0, 0.1) is 0 Å². The van der Waals surface area contributed by atoms with Gasteiger partial charge in [-0.05, 0) is 66.4 Å². The SMILES string of the molecule is Nc1cc(-c2cc(OCCOCCCCNCc3cc(Cc4cnco4)cc(OC(F)(F)F)c3)c3cn[nH]c3c2)cnn1. The molecular weight excluding hydrogens is 567 g/mol. The maximum Gasteiger partial charge on any atom is 0.573 e. The molecule has 43 heavy (non-hydrogen) atoms. The number of H-pyrrole nitrogens is 1. The number of aromatic amines is 1. The van der Waals surface area contributed by atoms with Crippen molar-refractivity contribution in [2.24, 2.45) is 0 Å². The molecule has 0 fully saturated rings. The quantitative estimate of drug-likeness (QED) is 0.140. The highest BCUT2D eigenvalue weighted by Gasteiger charge is 2.31. The van der Waals surface area contributed by atoms with Gasteiger partial charge in [0.25, 0.3) is 0 Å². The lowest BCUT2D eigenvalue weighted by Gasteiger charge is -2.13. The van der Waals surface area contributed by atoms with Crippen molar-refractivity contribution in [1.82, 2.24) is 30.7 Å². The number of nitrogen functional groups attached to an aromatic ring is 1. The number of rotatable bonds is 15. The van der Waals surface area contributed by atoms with Gasteiger partial charge in [0, 0.05) is 25.1 Å². The molecule has 11 nitrogen and oxygen atoms in total. The molecule has 226 valence electrons. The van der Waals surface area contributed by atoms with Gasteiger partial charge in [0.2, 0.25) is 0 Å². The lowest BCUT2D eigenvalue weighted by molar-refractivity contribution is -0.274. The van der Waals surface area contributed by atoms with Gasteiger partial charge in [-0.1, -0.05) is 6.07 Å². The first-order valence-corrected chi connectivity index (χ1v) is 13.6. The third-order valence-electron chi connectivity index (χ3n) is 6.36. The topological polar surface area (TPSA) is 146 Å². The molecule has 0 aliphatic rings. The summed E-state index contributed by atoms with van der Waals surface area (Å²) >= 11 is 0. The Bertz CT molecular complexity index is 1610. The number of oxazole rings is 1. The number of hydrogen-bond acceptors (Lipinski definition) is 10. The average Bonchev–Trinajstić information content (AvgIpc) is 3.65. The predicted molar refractivity (Wildman–Crippen MR) is 151 cm³/mol. The molecule has 0 amide bonds. The van der Waals surface area contributed by atoms with Crippen molar-refractivity contribution >= 4 is 16.7 Å². The van der Waals surface area contributed by atoms with Crippen LogP contribution in [0.3, 0.4) is 0 Å². The van der Waals surface area contributed by atoms with Gasteiger partial charge < -0.3 is 29.7 Å². The molecular formula is C29H30F3N7O4. The number of unbranched alkanes of at least 4 members (excludes halogenated alkanes) is 1. The van der Waals surface area contributed by atoms with E-state index in [-0.39, 0.29) is 5.75 Å². The van der Waals surface area contributed by atoms with Crippen LogP contribution in [0.4, 0.5) is 19.0 Å². The molecule has 0 atom stereocenters. The van der Waals surface area contributed by atoms with Crippen LogP contribution in [0.25, 0.3) is 22.0 Å². The van der Waals surface area contributed by atoms with E-state index in [1.54, 1.807) is 18.5 Å². The van der Waals surface area contributed by atoms with Gasteiger partial charge in [0.15, 0.2) is 6.39 Å². The number of halogens is 3. The Balaban J connectivity index is 1.02. The number of ether oxygens (including phenoxy) is 3. The van der Waals surface area contributed by atoms with E-state index >= 15 is 0 Å². The molecule has 0 radical (unpaired) electrons. The zero-order chi connectivity index (χ0) is 30.1. The van der Waals surface area contributed by atoms with Crippen molar-refractivity contribution in [3.05, 3.63) is 78.3 Å². The van der Waals surface area contributed by atoms with Crippen molar-refractivity contribution in [3.8, 4) is 22.6 Å². The van der Waals surface area contributed by atoms with Gasteiger partial charge in [-0.25, -0.2) is 4.98 Å². The highest BCUT2D eigenvalue weighted by Crippen LogP contribution is 2.32. The minimum atomic E-state index is -4.77. The third-order valence-corrected chi connectivity index (χ3v) is 6.36. The largest absolute Gasteiger partial charge is 0.573 e. The monoisotopic (exact) mass is 597 g/mol. The number of alkyl halides is 3. The molecule has 0 spiro atoms. The second-order valence-corrected chi connectivity index (χ2v) is 9.70. The summed E-state index contributed by atoms with van der Waals surface area (Å²) in [6, 6.07) is 10.1. The van der Waals surface area contributed by atoms with Crippen molar-refractivity contribution < 1.29 is 31.8 Å². The molecule has 3 aromatic heterocycles. The van der Waals surface area contributed by atoms with Crippen molar-refractivity contribution in [1.29, 1.82) is 0 Å². The molecule has 2 aromatic carbocycles. The number of anilines is 1. The molecule has 0 saturated heterocycles. The van der Waals surface area contributed by atoms with E-state index in [9.17, 15) is 13.2 Å². The van der Waals surface area contributed by atoms with Gasteiger partial charge in [-0.2, -0.15) is 10.2 Å². The molecule has 0 unspecified atom stereocenters. The number of aromatic nitrogens is 5. The Hall–Kier alpha value is -4.69. The Morgan fingerprint density at radius 1 is 0.930 bits per heavy atom. The summed E-state index contributed by atoms with van der Waals surface area (Å²) in [6.07, 6.45) is 3.30. The summed E-state index contributed by atoms with van der Waals surface area (Å²) in [5, 5.41) is 18.9. The van der Waals surface area contributed by atoms with E-state index in [4.69, 9.17) is 19.6 Å². The van der Waals surface area contributed by atoms with E-state index in [1.807, 2.05) is 18.2 Å². The summed E-state index contributed by atoms with van der Waals surface area (Å²) in [4.78, 5) is 3.84. The fourth-order valence-electron chi connectivity index (χ4n) is 4.50. The van der Waals surface area contributed by atoms with E-state index in [2.05, 4.69) is 35.4 Å². The molecule has 0 bridgehead atoms. The molecule has 0 aliphatic heterocycles. The second-order valence-electron chi connectivity index (χ2n) is 9.70. The molecule has 4 N–H and O–H groups in total. The van der Waals surface area contributed by atoms with Gasteiger partial charge in [-0.3, -0.25) is 5.10 Å². The maximum atomic E-state index is 12.8. The van der Waals surface area contributed by atoms with Crippen molar-refractivity contribution in [2.75, 3.05) is 32.1 Å². The Labute approximate surface area is 244 Å². The van der Waals surface area contributed by atoms with Crippen LogP contribution in [0.5, 0.6) is 11.5 Å². The summed E-state index contributed by atoms with van der Waals surface area (Å²) in [6.45, 7) is 2.36. The normalized spacial score (nSPS) is 11.7. The minimum Gasteiger partial charge on any atom is -0.490 e. The molecule has 5 aromatic rings. The lowest BCUT2D eigenvalue weighted by Crippen LogP contribution is -2.18. The summed E-state index contributed by atoms with van der Waals surface area (Å²) in [5.74, 6) is 1.27. The number of nitrogens with two attached hydrogens (primary N) is 1. The van der Waals surface area contributed by atoms with Gasteiger partial charge in [0.05, 0.1) is 36.1 Å².